The zero-order chi connectivity index (χ0) is 15.8. The number of hydrogen-bond donors (Lipinski definition) is 0. The molecule has 0 unspecified atom stereocenters. The number of aldehydes is 1. The molecule has 0 radical (unpaired) electrons. The summed E-state index contributed by atoms with van der Waals surface area (Å²) in [6.45, 7) is 2.11. The third-order valence-electron chi connectivity index (χ3n) is 4.48. The highest BCUT2D eigenvalue weighted by atomic mass is 16.1. The van der Waals surface area contributed by atoms with Gasteiger partial charge in [0.15, 0.2) is 6.29 Å². The molecule has 4 aromatic rings. The minimum Gasteiger partial charge on any atom is -0.298 e. The lowest BCUT2D eigenvalue weighted by Crippen LogP contribution is -1.93. The van der Waals surface area contributed by atoms with Crippen molar-refractivity contribution in [3.05, 3.63) is 83.9 Å². The van der Waals surface area contributed by atoms with Gasteiger partial charge in [0.25, 0.3) is 0 Å². The van der Waals surface area contributed by atoms with Gasteiger partial charge in [-0.2, -0.15) is 0 Å². The van der Waals surface area contributed by atoms with E-state index in [-0.39, 0.29) is 0 Å². The van der Waals surface area contributed by atoms with E-state index in [2.05, 4.69) is 49.4 Å². The molecular weight excluding hydrogens is 280 g/mol. The number of aryl methyl sites for hydroxylation is 1. The lowest BCUT2D eigenvalue weighted by Gasteiger charge is -2.15. The number of benzene rings is 4. The Kier molecular flexibility index (Phi) is 3.20. The summed E-state index contributed by atoms with van der Waals surface area (Å²) in [5.41, 5.74) is 4.11. The van der Waals surface area contributed by atoms with Crippen LogP contribution >= 0.6 is 0 Å². The second kappa shape index (κ2) is 5.36. The molecule has 0 N–H and O–H groups in total. The molecule has 1 nitrogen and oxygen atoms in total. The molecular formula is C22H16O. The SMILES string of the molecule is Cc1ccc2ccccc2c1-c1c(C=O)ccc2ccccc12. The fourth-order valence-corrected chi connectivity index (χ4v) is 3.38. The predicted molar refractivity (Wildman–Crippen MR) is 97.0 cm³/mol. The van der Waals surface area contributed by atoms with Gasteiger partial charge >= 0.3 is 0 Å². The molecule has 0 heterocycles. The summed E-state index contributed by atoms with van der Waals surface area (Å²) in [6.07, 6.45) is 0.961. The van der Waals surface area contributed by atoms with Crippen molar-refractivity contribution in [2.24, 2.45) is 0 Å². The molecule has 0 atom stereocenters. The summed E-state index contributed by atoms with van der Waals surface area (Å²) in [5, 5.41) is 4.65. The van der Waals surface area contributed by atoms with Crippen molar-refractivity contribution < 1.29 is 4.79 Å². The Morgan fingerprint density at radius 2 is 1.22 bits per heavy atom. The van der Waals surface area contributed by atoms with E-state index >= 15 is 0 Å². The van der Waals surface area contributed by atoms with Gasteiger partial charge in [-0.15, -0.1) is 0 Å². The molecule has 4 rings (SSSR count). The third-order valence-corrected chi connectivity index (χ3v) is 4.48. The molecule has 110 valence electrons. The zero-order valence-corrected chi connectivity index (χ0v) is 12.9. The second-order valence-electron chi connectivity index (χ2n) is 5.85. The summed E-state index contributed by atoms with van der Waals surface area (Å²) in [4.78, 5) is 11.7. The first-order chi connectivity index (χ1) is 11.3. The van der Waals surface area contributed by atoms with Gasteiger partial charge in [-0.25, -0.2) is 0 Å². The minimum atomic E-state index is 0.739. The topological polar surface area (TPSA) is 17.1 Å². The largest absolute Gasteiger partial charge is 0.298 e. The van der Waals surface area contributed by atoms with Crippen LogP contribution in [0.15, 0.2) is 72.8 Å². The molecule has 0 aliphatic carbocycles. The van der Waals surface area contributed by atoms with E-state index < -0.39 is 0 Å². The van der Waals surface area contributed by atoms with Gasteiger partial charge in [0.2, 0.25) is 0 Å². The summed E-state index contributed by atoms with van der Waals surface area (Å²) in [7, 11) is 0. The quantitative estimate of drug-likeness (QED) is 0.428. The summed E-state index contributed by atoms with van der Waals surface area (Å²) in [5.74, 6) is 0. The van der Waals surface area contributed by atoms with Crippen LogP contribution in [0.3, 0.4) is 0 Å². The maximum absolute atomic E-state index is 11.7. The number of rotatable bonds is 2. The molecule has 0 saturated carbocycles. The molecule has 23 heavy (non-hydrogen) atoms. The summed E-state index contributed by atoms with van der Waals surface area (Å²) < 4.78 is 0. The Balaban J connectivity index is 2.23. The Morgan fingerprint density at radius 3 is 1.87 bits per heavy atom. The van der Waals surface area contributed by atoms with Crippen molar-refractivity contribution in [3.8, 4) is 11.1 Å². The van der Waals surface area contributed by atoms with Crippen LogP contribution in [0.25, 0.3) is 32.7 Å². The summed E-state index contributed by atoms with van der Waals surface area (Å²) >= 11 is 0. The first kappa shape index (κ1) is 13.7. The van der Waals surface area contributed by atoms with Crippen molar-refractivity contribution in [2.45, 2.75) is 6.92 Å². The molecule has 0 spiro atoms. The fourth-order valence-electron chi connectivity index (χ4n) is 3.38. The highest BCUT2D eigenvalue weighted by Crippen LogP contribution is 2.38. The number of fused-ring (bicyclic) bond motifs is 2. The monoisotopic (exact) mass is 296 g/mol. The van der Waals surface area contributed by atoms with Gasteiger partial charge in [0.1, 0.15) is 0 Å². The van der Waals surface area contributed by atoms with Crippen LogP contribution in [0.1, 0.15) is 15.9 Å². The van der Waals surface area contributed by atoms with Crippen LogP contribution in [0, 0.1) is 6.92 Å². The molecule has 0 aliphatic rings. The van der Waals surface area contributed by atoms with Crippen LogP contribution in [-0.2, 0) is 0 Å². The Hall–Kier alpha value is -2.93. The molecule has 1 heteroatoms. The van der Waals surface area contributed by atoms with Gasteiger partial charge in [-0.1, -0.05) is 72.8 Å². The average Bonchev–Trinajstić information content (AvgIpc) is 2.61. The van der Waals surface area contributed by atoms with Gasteiger partial charge in [-0.05, 0) is 39.6 Å². The molecule has 0 bridgehead atoms. The van der Waals surface area contributed by atoms with E-state index in [0.717, 1.165) is 33.7 Å². The Morgan fingerprint density at radius 1 is 0.652 bits per heavy atom. The highest BCUT2D eigenvalue weighted by molar-refractivity contribution is 6.11. The van der Waals surface area contributed by atoms with E-state index in [0.29, 0.717) is 0 Å². The summed E-state index contributed by atoms with van der Waals surface area (Å²) in [6, 6.07) is 24.8. The van der Waals surface area contributed by atoms with Crippen LogP contribution in [0.4, 0.5) is 0 Å². The molecule has 0 aromatic heterocycles. The van der Waals surface area contributed by atoms with Crippen molar-refractivity contribution in [1.29, 1.82) is 0 Å². The second-order valence-corrected chi connectivity index (χ2v) is 5.85. The smallest absolute Gasteiger partial charge is 0.150 e. The molecule has 4 aromatic carbocycles. The average molecular weight is 296 g/mol. The number of carbonyl (C=O) groups is 1. The van der Waals surface area contributed by atoms with Crippen LogP contribution in [0.2, 0.25) is 0 Å². The van der Waals surface area contributed by atoms with Crippen LogP contribution in [-0.4, -0.2) is 6.29 Å². The van der Waals surface area contributed by atoms with E-state index in [4.69, 9.17) is 0 Å². The van der Waals surface area contributed by atoms with Gasteiger partial charge in [0, 0.05) is 11.1 Å². The minimum absolute atomic E-state index is 0.739. The Bertz CT molecular complexity index is 1040. The van der Waals surface area contributed by atoms with Crippen LogP contribution in [0.5, 0.6) is 0 Å². The van der Waals surface area contributed by atoms with E-state index in [1.54, 1.807) is 0 Å². The lowest BCUT2D eigenvalue weighted by atomic mass is 9.88. The van der Waals surface area contributed by atoms with E-state index in [1.807, 2.05) is 30.3 Å². The predicted octanol–water partition coefficient (Wildman–Crippen LogP) is 5.78. The Labute approximate surface area is 135 Å². The number of hydrogen-bond acceptors (Lipinski definition) is 1. The van der Waals surface area contributed by atoms with E-state index in [1.165, 1.54) is 16.3 Å². The maximum atomic E-state index is 11.7. The maximum Gasteiger partial charge on any atom is 0.150 e. The number of carbonyl (C=O) groups excluding carboxylic acids is 1. The molecule has 0 fully saturated rings. The van der Waals surface area contributed by atoms with Gasteiger partial charge < -0.3 is 0 Å². The lowest BCUT2D eigenvalue weighted by molar-refractivity contribution is 0.112. The fraction of sp³-hybridized carbons (Fsp3) is 0.0455. The van der Waals surface area contributed by atoms with Gasteiger partial charge in [0.05, 0.1) is 0 Å². The highest BCUT2D eigenvalue weighted by Gasteiger charge is 2.14. The van der Waals surface area contributed by atoms with E-state index in [9.17, 15) is 4.79 Å². The van der Waals surface area contributed by atoms with Crippen molar-refractivity contribution in [1.82, 2.24) is 0 Å². The van der Waals surface area contributed by atoms with Crippen molar-refractivity contribution >= 4 is 27.8 Å². The molecule has 0 saturated heterocycles. The first-order valence-electron chi connectivity index (χ1n) is 7.75. The van der Waals surface area contributed by atoms with Crippen molar-refractivity contribution in [2.75, 3.05) is 0 Å². The van der Waals surface area contributed by atoms with Crippen LogP contribution < -0.4 is 0 Å². The standard InChI is InChI=1S/C22H16O/c1-15-10-11-16-6-2-4-8-19(16)21(15)22-18(14-23)13-12-17-7-3-5-9-20(17)22/h2-14H,1H3. The van der Waals surface area contributed by atoms with Crippen molar-refractivity contribution in [3.63, 3.8) is 0 Å². The molecule has 0 aliphatic heterocycles. The zero-order valence-electron chi connectivity index (χ0n) is 12.9. The molecule has 0 amide bonds. The first-order valence-corrected chi connectivity index (χ1v) is 7.75. The normalized spacial score (nSPS) is 11.0. The third kappa shape index (κ3) is 2.13. The van der Waals surface area contributed by atoms with Gasteiger partial charge in [-0.3, -0.25) is 4.79 Å².